The third kappa shape index (κ3) is 2.56. The Hall–Kier alpha value is -1.60. The van der Waals surface area contributed by atoms with E-state index in [4.69, 9.17) is 5.14 Å². The molecule has 90 valence electrons. The second kappa shape index (κ2) is 4.72. The van der Waals surface area contributed by atoms with E-state index in [-0.39, 0.29) is 5.69 Å². The summed E-state index contributed by atoms with van der Waals surface area (Å²) in [5.41, 5.74) is 0.322. The number of hydrogen-bond donors (Lipinski definition) is 1. The molecule has 1 aromatic heterocycles. The van der Waals surface area contributed by atoms with E-state index < -0.39 is 17.4 Å². The number of halogens is 2. The van der Waals surface area contributed by atoms with Crippen molar-refractivity contribution in [3.8, 4) is 5.69 Å². The van der Waals surface area contributed by atoms with Gasteiger partial charge in [-0.3, -0.25) is 0 Å². The van der Waals surface area contributed by atoms with E-state index >= 15 is 0 Å². The van der Waals surface area contributed by atoms with E-state index in [0.717, 1.165) is 0 Å². The zero-order chi connectivity index (χ0) is 12.4. The Kier molecular flexibility index (Phi) is 3.30. The molecule has 1 heterocycles. The van der Waals surface area contributed by atoms with Crippen molar-refractivity contribution >= 4 is 11.0 Å². The molecule has 1 atom stereocenters. The molecule has 0 saturated heterocycles. The Balaban J connectivity index is 2.30. The highest BCUT2D eigenvalue weighted by atomic mass is 32.2. The minimum absolute atomic E-state index is 0.281. The SMILES string of the molecule is NS(=O)c1ccc(-n2ccc(C(F)F)n2)cc1. The van der Waals surface area contributed by atoms with E-state index in [2.05, 4.69) is 5.10 Å². The lowest BCUT2D eigenvalue weighted by Crippen LogP contribution is -2.03. The van der Waals surface area contributed by atoms with Crippen LogP contribution in [0.3, 0.4) is 0 Å². The van der Waals surface area contributed by atoms with Gasteiger partial charge in [0.1, 0.15) is 16.7 Å². The predicted octanol–water partition coefficient (Wildman–Crippen LogP) is 1.79. The normalized spacial score (nSPS) is 12.9. The molecule has 1 aromatic carbocycles. The van der Waals surface area contributed by atoms with Gasteiger partial charge in [-0.05, 0) is 30.3 Å². The van der Waals surface area contributed by atoms with Crippen molar-refractivity contribution in [2.24, 2.45) is 5.14 Å². The van der Waals surface area contributed by atoms with Crippen LogP contribution in [0.4, 0.5) is 8.78 Å². The van der Waals surface area contributed by atoms with Crippen LogP contribution in [0.25, 0.3) is 5.69 Å². The van der Waals surface area contributed by atoms with Gasteiger partial charge in [-0.1, -0.05) is 0 Å². The minimum atomic E-state index is -2.59. The summed E-state index contributed by atoms with van der Waals surface area (Å²) in [5, 5.41) is 8.91. The van der Waals surface area contributed by atoms with Crippen molar-refractivity contribution in [1.29, 1.82) is 0 Å². The average molecular weight is 257 g/mol. The smallest absolute Gasteiger partial charge is 0.248 e. The van der Waals surface area contributed by atoms with Crippen LogP contribution in [0.1, 0.15) is 12.1 Å². The minimum Gasteiger partial charge on any atom is -0.248 e. The molecule has 0 aliphatic rings. The number of aromatic nitrogens is 2. The summed E-state index contributed by atoms with van der Waals surface area (Å²) in [6.07, 6.45) is -1.15. The van der Waals surface area contributed by atoms with Gasteiger partial charge < -0.3 is 0 Å². The summed E-state index contributed by atoms with van der Waals surface area (Å²) >= 11 is 0. The van der Waals surface area contributed by atoms with Gasteiger partial charge in [-0.2, -0.15) is 5.10 Å². The van der Waals surface area contributed by atoms with Crippen LogP contribution in [0.5, 0.6) is 0 Å². The Labute approximate surface area is 98.6 Å². The maximum absolute atomic E-state index is 12.3. The van der Waals surface area contributed by atoms with Crippen molar-refractivity contribution < 1.29 is 13.0 Å². The van der Waals surface area contributed by atoms with Crippen molar-refractivity contribution in [2.75, 3.05) is 0 Å². The van der Waals surface area contributed by atoms with Crippen molar-refractivity contribution in [3.63, 3.8) is 0 Å². The molecule has 0 bridgehead atoms. The fraction of sp³-hybridized carbons (Fsp3) is 0.100. The number of rotatable bonds is 3. The Bertz CT molecular complexity index is 539. The van der Waals surface area contributed by atoms with Crippen LogP contribution in [0.15, 0.2) is 41.4 Å². The number of benzene rings is 1. The molecule has 2 N–H and O–H groups in total. The van der Waals surface area contributed by atoms with Crippen LogP contribution in [0, 0.1) is 0 Å². The monoisotopic (exact) mass is 257 g/mol. The molecule has 7 heteroatoms. The molecule has 1 unspecified atom stereocenters. The highest BCUT2D eigenvalue weighted by Crippen LogP contribution is 2.18. The first-order chi connectivity index (χ1) is 8.08. The Morgan fingerprint density at radius 3 is 2.35 bits per heavy atom. The molecule has 0 fully saturated rings. The highest BCUT2D eigenvalue weighted by molar-refractivity contribution is 7.82. The summed E-state index contributed by atoms with van der Waals surface area (Å²) < 4.78 is 36.9. The van der Waals surface area contributed by atoms with Gasteiger partial charge in [0.2, 0.25) is 0 Å². The third-order valence-electron chi connectivity index (χ3n) is 2.17. The van der Waals surface area contributed by atoms with Gasteiger partial charge in [-0.25, -0.2) is 22.8 Å². The number of alkyl halides is 2. The first-order valence-corrected chi connectivity index (χ1v) is 5.89. The fourth-order valence-electron chi connectivity index (χ4n) is 1.33. The molecule has 17 heavy (non-hydrogen) atoms. The highest BCUT2D eigenvalue weighted by Gasteiger charge is 2.11. The molecule has 0 radical (unpaired) electrons. The van der Waals surface area contributed by atoms with Crippen molar-refractivity contribution in [1.82, 2.24) is 9.78 Å². The number of nitrogens with two attached hydrogens (primary N) is 1. The zero-order valence-electron chi connectivity index (χ0n) is 8.59. The van der Waals surface area contributed by atoms with E-state index in [1.54, 1.807) is 24.3 Å². The topological polar surface area (TPSA) is 60.9 Å². The number of hydrogen-bond acceptors (Lipinski definition) is 2. The van der Waals surface area contributed by atoms with E-state index in [9.17, 15) is 13.0 Å². The van der Waals surface area contributed by atoms with Crippen LogP contribution in [-0.4, -0.2) is 14.0 Å². The molecular weight excluding hydrogens is 248 g/mol. The zero-order valence-corrected chi connectivity index (χ0v) is 9.40. The van der Waals surface area contributed by atoms with Crippen LogP contribution >= 0.6 is 0 Å². The average Bonchev–Trinajstić information content (AvgIpc) is 2.78. The lowest BCUT2D eigenvalue weighted by Gasteiger charge is -2.02. The lowest BCUT2D eigenvalue weighted by atomic mass is 10.3. The summed E-state index contributed by atoms with van der Waals surface area (Å²) in [7, 11) is -1.55. The maximum Gasteiger partial charge on any atom is 0.282 e. The molecule has 2 rings (SSSR count). The van der Waals surface area contributed by atoms with Gasteiger partial charge in [0.25, 0.3) is 6.43 Å². The lowest BCUT2D eigenvalue weighted by molar-refractivity contribution is 0.145. The molecule has 0 spiro atoms. The van der Waals surface area contributed by atoms with Crippen LogP contribution in [0.2, 0.25) is 0 Å². The summed E-state index contributed by atoms with van der Waals surface area (Å²) in [5.74, 6) is 0. The first kappa shape index (κ1) is 11.9. The summed E-state index contributed by atoms with van der Waals surface area (Å²) in [6.45, 7) is 0. The third-order valence-corrected chi connectivity index (χ3v) is 2.90. The van der Waals surface area contributed by atoms with Gasteiger partial charge in [0, 0.05) is 6.20 Å². The largest absolute Gasteiger partial charge is 0.282 e. The van der Waals surface area contributed by atoms with Gasteiger partial charge >= 0.3 is 0 Å². The quantitative estimate of drug-likeness (QED) is 0.911. The summed E-state index contributed by atoms with van der Waals surface area (Å²) in [4.78, 5) is 0.468. The molecule has 0 saturated carbocycles. The Morgan fingerprint density at radius 1 is 1.24 bits per heavy atom. The molecule has 0 aliphatic heterocycles. The van der Waals surface area contributed by atoms with Gasteiger partial charge in [0.15, 0.2) is 0 Å². The van der Waals surface area contributed by atoms with E-state index in [0.29, 0.717) is 10.6 Å². The molecule has 0 amide bonds. The molecule has 0 aliphatic carbocycles. The summed E-state index contributed by atoms with van der Waals surface area (Å²) in [6, 6.07) is 7.61. The predicted molar refractivity (Wildman–Crippen MR) is 59.1 cm³/mol. The molecule has 2 aromatic rings. The first-order valence-electron chi connectivity index (χ1n) is 4.68. The van der Waals surface area contributed by atoms with Crippen molar-refractivity contribution in [3.05, 3.63) is 42.2 Å². The van der Waals surface area contributed by atoms with Crippen LogP contribution < -0.4 is 5.14 Å². The Morgan fingerprint density at radius 2 is 1.88 bits per heavy atom. The van der Waals surface area contributed by atoms with E-state index in [1.165, 1.54) is 16.9 Å². The van der Waals surface area contributed by atoms with Gasteiger partial charge in [0.05, 0.1) is 10.6 Å². The molecular formula is C10H9F2N3OS. The second-order valence-corrected chi connectivity index (χ2v) is 4.34. The van der Waals surface area contributed by atoms with Crippen molar-refractivity contribution in [2.45, 2.75) is 11.3 Å². The van der Waals surface area contributed by atoms with Crippen LogP contribution in [-0.2, 0) is 11.0 Å². The van der Waals surface area contributed by atoms with E-state index in [1.807, 2.05) is 0 Å². The second-order valence-electron chi connectivity index (χ2n) is 3.28. The standard InChI is InChI=1S/C10H9F2N3OS/c11-10(12)9-5-6-15(14-9)7-1-3-8(4-2-7)17(13)16/h1-6,10H,13H2. The fourth-order valence-corrected chi connectivity index (χ4v) is 1.74. The maximum atomic E-state index is 12.3. The van der Waals surface area contributed by atoms with Gasteiger partial charge in [-0.15, -0.1) is 0 Å². The number of nitrogens with zero attached hydrogens (tertiary/aromatic N) is 2. The molecule has 4 nitrogen and oxygen atoms in total.